The number of nitrogens with one attached hydrogen (secondary N) is 1. The fourth-order valence-electron chi connectivity index (χ4n) is 6.02. The van der Waals surface area contributed by atoms with E-state index in [9.17, 15) is 9.59 Å². The molecule has 1 N–H and O–H groups in total. The van der Waals surface area contributed by atoms with Crippen molar-refractivity contribution in [3.8, 4) is 11.5 Å². The molecular weight excluding hydrogens is 490 g/mol. The second-order valence-electron chi connectivity index (χ2n) is 10.2. The summed E-state index contributed by atoms with van der Waals surface area (Å²) in [7, 11) is 3.22. The van der Waals surface area contributed by atoms with Gasteiger partial charge in [-0.1, -0.05) is 30.3 Å². The molecule has 2 unspecified atom stereocenters. The third-order valence-corrected chi connectivity index (χ3v) is 7.96. The van der Waals surface area contributed by atoms with E-state index in [0.717, 1.165) is 36.2 Å². The Balaban J connectivity index is 1.40. The van der Waals surface area contributed by atoms with Gasteiger partial charge in [0.2, 0.25) is 5.91 Å². The van der Waals surface area contributed by atoms with Crippen LogP contribution in [0.25, 0.3) is 0 Å². The van der Waals surface area contributed by atoms with Crippen molar-refractivity contribution in [1.82, 2.24) is 10.2 Å². The minimum absolute atomic E-state index is 0.0307. The summed E-state index contributed by atoms with van der Waals surface area (Å²) >= 11 is 0. The van der Waals surface area contributed by atoms with Gasteiger partial charge in [-0.15, -0.1) is 0 Å². The molecule has 2 aliphatic heterocycles. The van der Waals surface area contributed by atoms with Crippen LogP contribution in [0.4, 0.5) is 5.69 Å². The van der Waals surface area contributed by atoms with Crippen LogP contribution in [0.15, 0.2) is 60.7 Å². The molecule has 204 valence electrons. The number of carbonyl (C=O) groups is 2. The van der Waals surface area contributed by atoms with Crippen LogP contribution in [0.5, 0.6) is 11.5 Å². The van der Waals surface area contributed by atoms with Gasteiger partial charge in [0.1, 0.15) is 0 Å². The zero-order valence-electron chi connectivity index (χ0n) is 23.2. The van der Waals surface area contributed by atoms with E-state index in [1.165, 1.54) is 11.3 Å². The lowest BCUT2D eigenvalue weighted by Crippen LogP contribution is -2.50. The molecule has 0 aliphatic carbocycles. The Bertz CT molecular complexity index is 1370. The van der Waals surface area contributed by atoms with Crippen LogP contribution in [-0.4, -0.2) is 57.1 Å². The molecule has 0 spiro atoms. The second-order valence-corrected chi connectivity index (χ2v) is 10.2. The van der Waals surface area contributed by atoms with Gasteiger partial charge in [0.15, 0.2) is 11.5 Å². The number of ether oxygens (including phenoxy) is 2. The largest absolute Gasteiger partial charge is 0.493 e. The predicted molar refractivity (Wildman–Crippen MR) is 153 cm³/mol. The van der Waals surface area contributed by atoms with Gasteiger partial charge in [-0.25, -0.2) is 0 Å². The number of fused-ring (bicyclic) bond motifs is 4. The van der Waals surface area contributed by atoms with Crippen molar-refractivity contribution in [3.05, 3.63) is 88.5 Å². The molecule has 0 aromatic heterocycles. The number of methoxy groups -OCH3 is 2. The maximum atomic E-state index is 13.9. The first-order valence-corrected chi connectivity index (χ1v) is 13.7. The van der Waals surface area contributed by atoms with Gasteiger partial charge < -0.3 is 24.6 Å². The molecule has 2 aliphatic rings. The Morgan fingerprint density at radius 2 is 1.79 bits per heavy atom. The summed E-state index contributed by atoms with van der Waals surface area (Å²) in [5.74, 6) is 0.639. The van der Waals surface area contributed by atoms with E-state index in [0.29, 0.717) is 36.6 Å². The lowest BCUT2D eigenvalue weighted by Gasteiger charge is -2.45. The molecular formula is C32H37N3O4. The number of hydrogen-bond donors (Lipinski definition) is 1. The fraction of sp³-hybridized carbons (Fsp3) is 0.375. The first-order valence-electron chi connectivity index (χ1n) is 13.7. The molecule has 0 radical (unpaired) electrons. The summed E-state index contributed by atoms with van der Waals surface area (Å²) in [6.07, 6.45) is 1.51. The lowest BCUT2D eigenvalue weighted by molar-refractivity contribution is -0.124. The van der Waals surface area contributed by atoms with Gasteiger partial charge in [-0.3, -0.25) is 9.59 Å². The summed E-state index contributed by atoms with van der Waals surface area (Å²) in [5.41, 5.74) is 5.83. The number of carbonyl (C=O) groups excluding carboxylic acids is 2. The molecule has 2 amide bonds. The molecule has 2 atom stereocenters. The molecule has 0 saturated carbocycles. The lowest BCUT2D eigenvalue weighted by atomic mass is 9.75. The zero-order chi connectivity index (χ0) is 27.5. The number of hydrogen-bond acceptors (Lipinski definition) is 5. The number of amides is 2. The Hall–Kier alpha value is -4.00. The van der Waals surface area contributed by atoms with Crippen molar-refractivity contribution < 1.29 is 19.1 Å². The van der Waals surface area contributed by atoms with Crippen molar-refractivity contribution in [1.29, 1.82) is 0 Å². The Kier molecular flexibility index (Phi) is 7.77. The minimum atomic E-state index is -0.518. The van der Waals surface area contributed by atoms with E-state index in [2.05, 4.69) is 48.3 Å². The van der Waals surface area contributed by atoms with Gasteiger partial charge in [-0.05, 0) is 79.3 Å². The van der Waals surface area contributed by atoms with Crippen LogP contribution in [0.3, 0.4) is 0 Å². The molecule has 5 rings (SSSR count). The van der Waals surface area contributed by atoms with Gasteiger partial charge in [-0.2, -0.15) is 0 Å². The first-order chi connectivity index (χ1) is 19.0. The van der Waals surface area contributed by atoms with Crippen LogP contribution < -0.4 is 19.7 Å². The summed E-state index contributed by atoms with van der Waals surface area (Å²) in [4.78, 5) is 31.7. The number of aryl methyl sites for hydroxylation is 1. The summed E-state index contributed by atoms with van der Waals surface area (Å²) < 4.78 is 11.1. The average molecular weight is 528 g/mol. The molecule has 3 aromatic rings. The van der Waals surface area contributed by atoms with Crippen molar-refractivity contribution in [2.24, 2.45) is 0 Å². The van der Waals surface area contributed by atoms with Gasteiger partial charge in [0.05, 0.1) is 26.2 Å². The summed E-state index contributed by atoms with van der Waals surface area (Å²) in [5, 5.41) is 3.21. The van der Waals surface area contributed by atoms with Crippen molar-refractivity contribution in [2.45, 2.75) is 38.6 Å². The Morgan fingerprint density at radius 1 is 1.03 bits per heavy atom. The molecule has 39 heavy (non-hydrogen) atoms. The Labute approximate surface area is 230 Å². The van der Waals surface area contributed by atoms with Gasteiger partial charge in [0, 0.05) is 37.4 Å². The standard InChI is InChI=1S/C32H37N3O4/c1-5-34(23-11-8-10-21(2)18-23)16-9-15-33-31(36)29-24-12-6-7-13-25(24)32(37)35-17-14-22-19-27(38-3)28(39-4)20-26(22)30(29)35/h6-8,10-13,18-20,29-30H,5,9,14-17H2,1-4H3,(H,33,36). The van der Waals surface area contributed by atoms with E-state index < -0.39 is 12.0 Å². The monoisotopic (exact) mass is 527 g/mol. The molecule has 2 heterocycles. The van der Waals surface area contributed by atoms with Crippen molar-refractivity contribution in [2.75, 3.05) is 45.3 Å². The quantitative estimate of drug-likeness (QED) is 0.402. The summed E-state index contributed by atoms with van der Waals surface area (Å²) in [6.45, 7) is 7.09. The minimum Gasteiger partial charge on any atom is -0.493 e. The number of anilines is 1. The number of rotatable bonds is 9. The van der Waals surface area contributed by atoms with Crippen LogP contribution in [0, 0.1) is 6.92 Å². The average Bonchev–Trinajstić information content (AvgIpc) is 2.96. The third kappa shape index (κ3) is 5.05. The van der Waals surface area contributed by atoms with Crippen molar-refractivity contribution >= 4 is 17.5 Å². The van der Waals surface area contributed by atoms with Crippen LogP contribution in [0.1, 0.15) is 57.9 Å². The molecule has 0 fully saturated rings. The second kappa shape index (κ2) is 11.4. The highest BCUT2D eigenvalue weighted by molar-refractivity contribution is 6.01. The van der Waals surface area contributed by atoms with E-state index in [1.54, 1.807) is 14.2 Å². The normalized spacial score (nSPS) is 17.5. The molecule has 0 saturated heterocycles. The van der Waals surface area contributed by atoms with E-state index in [1.807, 2.05) is 41.3 Å². The highest BCUT2D eigenvalue weighted by Crippen LogP contribution is 2.48. The van der Waals surface area contributed by atoms with E-state index >= 15 is 0 Å². The van der Waals surface area contributed by atoms with Crippen LogP contribution in [-0.2, 0) is 11.2 Å². The highest BCUT2D eigenvalue weighted by Gasteiger charge is 2.46. The number of benzene rings is 3. The van der Waals surface area contributed by atoms with Crippen LogP contribution in [0.2, 0.25) is 0 Å². The summed E-state index contributed by atoms with van der Waals surface area (Å²) in [6, 6.07) is 19.5. The smallest absolute Gasteiger partial charge is 0.254 e. The van der Waals surface area contributed by atoms with Crippen molar-refractivity contribution in [3.63, 3.8) is 0 Å². The first kappa shape index (κ1) is 26.6. The Morgan fingerprint density at radius 3 is 2.54 bits per heavy atom. The van der Waals surface area contributed by atoms with E-state index in [-0.39, 0.29) is 11.8 Å². The van der Waals surface area contributed by atoms with E-state index in [4.69, 9.17) is 9.47 Å². The molecule has 7 nitrogen and oxygen atoms in total. The maximum Gasteiger partial charge on any atom is 0.254 e. The fourth-order valence-corrected chi connectivity index (χ4v) is 6.02. The molecule has 3 aromatic carbocycles. The predicted octanol–water partition coefficient (Wildman–Crippen LogP) is 4.88. The highest BCUT2D eigenvalue weighted by atomic mass is 16.5. The topological polar surface area (TPSA) is 71.1 Å². The maximum absolute atomic E-state index is 13.9. The third-order valence-electron chi connectivity index (χ3n) is 7.96. The zero-order valence-corrected chi connectivity index (χ0v) is 23.2. The van der Waals surface area contributed by atoms with Crippen LogP contribution >= 0.6 is 0 Å². The van der Waals surface area contributed by atoms with Gasteiger partial charge >= 0.3 is 0 Å². The molecule has 7 heteroatoms. The SMILES string of the molecule is CCN(CCCNC(=O)C1c2ccccc2C(=O)N2CCc3cc(OC)c(OC)cc3C12)c1cccc(C)c1. The molecule has 0 bridgehead atoms. The van der Waals surface area contributed by atoms with Gasteiger partial charge in [0.25, 0.3) is 5.91 Å². The number of nitrogens with zero attached hydrogens (tertiary/aromatic N) is 2.